The predicted molar refractivity (Wildman–Crippen MR) is 127 cm³/mol. The number of fused-ring (bicyclic) bond motifs is 1. The number of esters is 1. The highest BCUT2D eigenvalue weighted by Crippen LogP contribution is 2.39. The zero-order valence-electron chi connectivity index (χ0n) is 17.4. The molecule has 0 N–H and O–H groups in total. The van der Waals surface area contributed by atoms with Gasteiger partial charge in [-0.05, 0) is 18.2 Å². The Hall–Kier alpha value is -3.39. The summed E-state index contributed by atoms with van der Waals surface area (Å²) in [5.41, 5.74) is 0.435. The van der Waals surface area contributed by atoms with Gasteiger partial charge in [0.1, 0.15) is 11.3 Å². The molecule has 1 aliphatic rings. The van der Waals surface area contributed by atoms with E-state index in [1.807, 2.05) is 0 Å². The number of ether oxygens (including phenoxy) is 2. The highest BCUT2D eigenvalue weighted by Gasteiger charge is 2.39. The third-order valence-corrected chi connectivity index (χ3v) is 6.11. The number of ketones is 1. The Balaban J connectivity index is 1.61. The number of rotatable bonds is 6. The van der Waals surface area contributed by atoms with Crippen LogP contribution in [0.2, 0.25) is 15.1 Å². The Morgan fingerprint density at radius 3 is 2.00 bits per heavy atom. The first kappa shape index (κ1) is 23.8. The summed E-state index contributed by atoms with van der Waals surface area (Å²) < 4.78 is 10.4. The van der Waals surface area contributed by atoms with Gasteiger partial charge < -0.3 is 9.47 Å². The molecule has 0 unspecified atom stereocenters. The fourth-order valence-electron chi connectivity index (χ4n) is 3.41. The topological polar surface area (TPSA) is 90.0 Å². The van der Waals surface area contributed by atoms with E-state index in [4.69, 9.17) is 44.3 Å². The van der Waals surface area contributed by atoms with Gasteiger partial charge in [-0.15, -0.1) is 0 Å². The molecule has 1 aliphatic heterocycles. The first-order chi connectivity index (χ1) is 16.2. The fraction of sp³-hybridized carbons (Fsp3) is 0.0833. The quantitative estimate of drug-likeness (QED) is 0.243. The van der Waals surface area contributed by atoms with Crippen molar-refractivity contribution >= 4 is 64.1 Å². The summed E-state index contributed by atoms with van der Waals surface area (Å²) in [5.74, 6) is -2.59. The van der Waals surface area contributed by atoms with Crippen LogP contribution in [0.3, 0.4) is 0 Å². The van der Waals surface area contributed by atoms with E-state index in [1.54, 1.807) is 30.3 Å². The van der Waals surface area contributed by atoms with Crippen LogP contribution >= 0.6 is 34.8 Å². The molecule has 0 aliphatic carbocycles. The third-order valence-electron chi connectivity index (χ3n) is 5.09. The number of imide groups is 1. The fourth-order valence-corrected chi connectivity index (χ4v) is 3.99. The largest absolute Gasteiger partial charge is 0.496 e. The SMILES string of the molecule is COc1cc(N2C(=O)c3cc(Cl)c(Cl)cc3C2=O)c(Cl)cc1C(=O)OCC(=O)c1ccccc1. The van der Waals surface area contributed by atoms with Crippen LogP contribution < -0.4 is 9.64 Å². The number of Topliss-reactive ketones (excluding diaryl/α,β-unsaturated/α-hetero) is 1. The molecule has 0 saturated heterocycles. The van der Waals surface area contributed by atoms with Gasteiger partial charge in [0.05, 0.1) is 39.0 Å². The molecule has 1 heterocycles. The number of carbonyl (C=O) groups is 4. The summed E-state index contributed by atoms with van der Waals surface area (Å²) >= 11 is 18.3. The first-order valence-electron chi connectivity index (χ1n) is 9.73. The second-order valence-corrected chi connectivity index (χ2v) is 8.35. The number of halogens is 3. The summed E-state index contributed by atoms with van der Waals surface area (Å²) in [6, 6.07) is 13.4. The third kappa shape index (κ3) is 4.25. The molecule has 0 fully saturated rings. The number of hydrogen-bond donors (Lipinski definition) is 0. The summed E-state index contributed by atoms with van der Waals surface area (Å²) in [4.78, 5) is 51.6. The van der Waals surface area contributed by atoms with E-state index in [9.17, 15) is 19.2 Å². The number of nitrogens with zero attached hydrogens (tertiary/aromatic N) is 1. The molecular formula is C24H14Cl3NO6. The van der Waals surface area contributed by atoms with Gasteiger partial charge in [0, 0.05) is 11.6 Å². The molecule has 4 rings (SSSR count). The Bertz CT molecular complexity index is 1320. The molecule has 0 aromatic heterocycles. The first-order valence-corrected chi connectivity index (χ1v) is 10.9. The highest BCUT2D eigenvalue weighted by atomic mass is 35.5. The van der Waals surface area contributed by atoms with Crippen molar-refractivity contribution in [1.29, 1.82) is 0 Å². The average molecular weight is 519 g/mol. The summed E-state index contributed by atoms with van der Waals surface area (Å²) in [6.07, 6.45) is 0. The maximum Gasteiger partial charge on any atom is 0.342 e. The van der Waals surface area contributed by atoms with Crippen LogP contribution in [-0.2, 0) is 4.74 Å². The molecule has 0 spiro atoms. The summed E-state index contributed by atoms with van der Waals surface area (Å²) in [5, 5.41) is 0.152. The van der Waals surface area contributed by atoms with Crippen LogP contribution in [0.15, 0.2) is 54.6 Å². The summed E-state index contributed by atoms with van der Waals surface area (Å²) in [7, 11) is 1.29. The van der Waals surface area contributed by atoms with Gasteiger partial charge in [-0.1, -0.05) is 65.1 Å². The van der Waals surface area contributed by atoms with Gasteiger partial charge in [0.2, 0.25) is 0 Å². The molecule has 0 saturated carbocycles. The van der Waals surface area contributed by atoms with Crippen molar-refractivity contribution in [3.8, 4) is 5.75 Å². The molecule has 34 heavy (non-hydrogen) atoms. The minimum Gasteiger partial charge on any atom is -0.496 e. The average Bonchev–Trinajstić information content (AvgIpc) is 3.07. The predicted octanol–water partition coefficient (Wildman–Crippen LogP) is 5.50. The molecule has 2 amide bonds. The molecule has 0 bridgehead atoms. The lowest BCUT2D eigenvalue weighted by molar-refractivity contribution is 0.0471. The van der Waals surface area contributed by atoms with E-state index in [-0.39, 0.29) is 49.0 Å². The lowest BCUT2D eigenvalue weighted by Gasteiger charge is -2.18. The van der Waals surface area contributed by atoms with Crippen molar-refractivity contribution in [3.05, 3.63) is 91.9 Å². The van der Waals surface area contributed by atoms with Gasteiger partial charge >= 0.3 is 5.97 Å². The zero-order valence-corrected chi connectivity index (χ0v) is 19.7. The highest BCUT2D eigenvalue weighted by molar-refractivity contribution is 6.45. The van der Waals surface area contributed by atoms with Crippen LogP contribution in [0.4, 0.5) is 5.69 Å². The molecular weight excluding hydrogens is 505 g/mol. The molecule has 172 valence electrons. The van der Waals surface area contributed by atoms with Crippen molar-refractivity contribution in [1.82, 2.24) is 0 Å². The number of benzene rings is 3. The maximum absolute atomic E-state index is 12.9. The van der Waals surface area contributed by atoms with E-state index in [1.165, 1.54) is 31.4 Å². The number of hydrogen-bond acceptors (Lipinski definition) is 6. The van der Waals surface area contributed by atoms with Crippen molar-refractivity contribution in [3.63, 3.8) is 0 Å². The number of methoxy groups -OCH3 is 1. The molecule has 7 nitrogen and oxygen atoms in total. The van der Waals surface area contributed by atoms with E-state index < -0.39 is 24.4 Å². The normalized spacial score (nSPS) is 12.5. The van der Waals surface area contributed by atoms with Gasteiger partial charge in [0.25, 0.3) is 11.8 Å². The molecule has 10 heteroatoms. The Kier molecular flexibility index (Phi) is 6.61. The van der Waals surface area contributed by atoms with E-state index in [2.05, 4.69) is 0 Å². The van der Waals surface area contributed by atoms with Crippen LogP contribution in [0, 0.1) is 0 Å². The maximum atomic E-state index is 12.9. The molecule has 3 aromatic rings. The summed E-state index contributed by atoms with van der Waals surface area (Å²) in [6.45, 7) is -0.495. The van der Waals surface area contributed by atoms with Crippen LogP contribution in [0.25, 0.3) is 0 Å². The Morgan fingerprint density at radius 2 is 1.44 bits per heavy atom. The van der Waals surface area contributed by atoms with Gasteiger partial charge in [-0.2, -0.15) is 0 Å². The molecule has 0 atom stereocenters. The minimum atomic E-state index is -0.865. The van der Waals surface area contributed by atoms with E-state index >= 15 is 0 Å². The Labute approximate surface area is 208 Å². The zero-order chi connectivity index (χ0) is 24.6. The minimum absolute atomic E-state index is 0.00567. The number of amides is 2. The lowest BCUT2D eigenvalue weighted by Crippen LogP contribution is -2.29. The Morgan fingerprint density at radius 1 is 0.853 bits per heavy atom. The smallest absolute Gasteiger partial charge is 0.342 e. The van der Waals surface area contributed by atoms with Crippen molar-refractivity contribution in [2.24, 2.45) is 0 Å². The number of anilines is 1. The monoisotopic (exact) mass is 517 g/mol. The van der Waals surface area contributed by atoms with E-state index in [0.29, 0.717) is 5.56 Å². The van der Waals surface area contributed by atoms with Crippen LogP contribution in [0.1, 0.15) is 41.4 Å². The van der Waals surface area contributed by atoms with Crippen LogP contribution in [-0.4, -0.2) is 37.3 Å². The van der Waals surface area contributed by atoms with Crippen molar-refractivity contribution < 1.29 is 28.7 Å². The second kappa shape index (κ2) is 9.46. The van der Waals surface area contributed by atoms with Gasteiger partial charge in [-0.25, -0.2) is 9.69 Å². The number of carbonyl (C=O) groups excluding carboxylic acids is 4. The van der Waals surface area contributed by atoms with Gasteiger partial charge in [-0.3, -0.25) is 14.4 Å². The van der Waals surface area contributed by atoms with E-state index in [0.717, 1.165) is 4.90 Å². The molecule has 0 radical (unpaired) electrons. The van der Waals surface area contributed by atoms with Gasteiger partial charge in [0.15, 0.2) is 12.4 Å². The van der Waals surface area contributed by atoms with Crippen molar-refractivity contribution in [2.75, 3.05) is 18.6 Å². The van der Waals surface area contributed by atoms with Crippen LogP contribution in [0.5, 0.6) is 5.75 Å². The molecule has 3 aromatic carbocycles. The van der Waals surface area contributed by atoms with Crippen molar-refractivity contribution in [2.45, 2.75) is 0 Å². The lowest BCUT2D eigenvalue weighted by atomic mass is 10.1. The second-order valence-electron chi connectivity index (χ2n) is 7.13. The standard InChI is InChI=1S/C24H14Cl3NO6/c1-33-21-10-19(28-22(30)13-7-16(25)17(26)8-14(13)23(28)31)18(27)9-15(21)24(32)34-11-20(29)12-5-3-2-4-6-12/h2-10H,11H2,1H3.